The number of carbonyl (C=O) groups excluding carboxylic acids is 1. The highest BCUT2D eigenvalue weighted by Gasteiger charge is 2.55. The topological polar surface area (TPSA) is 77.2 Å². The number of aliphatic hydroxyl groups is 1. The number of aromatic nitrogens is 3. The summed E-state index contributed by atoms with van der Waals surface area (Å²) in [5, 5.41) is 20.3. The van der Waals surface area contributed by atoms with Crippen LogP contribution in [0.2, 0.25) is 5.02 Å². The summed E-state index contributed by atoms with van der Waals surface area (Å²) in [4.78, 5) is 13.9. The fourth-order valence-corrected chi connectivity index (χ4v) is 9.92. The molecule has 1 aromatic heterocycles. The molecule has 0 amide bonds. The van der Waals surface area contributed by atoms with Gasteiger partial charge in [0.1, 0.15) is 12.1 Å². The Morgan fingerprint density at radius 2 is 1.95 bits per heavy atom. The maximum Gasteiger partial charge on any atom is 0.157 e. The molecule has 1 aromatic carbocycles. The molecule has 0 saturated heterocycles. The van der Waals surface area contributed by atoms with Crippen LogP contribution in [0.5, 0.6) is 0 Å². The zero-order valence-corrected chi connectivity index (χ0v) is 24.7. The van der Waals surface area contributed by atoms with E-state index in [2.05, 4.69) is 31.1 Å². The molecule has 2 unspecified atom stereocenters. The Morgan fingerprint density at radius 3 is 2.77 bits per heavy atom. The summed E-state index contributed by atoms with van der Waals surface area (Å²) in [6.45, 7) is 7.65. The van der Waals surface area contributed by atoms with Crippen molar-refractivity contribution in [2.75, 3.05) is 6.61 Å². The molecule has 6 nitrogen and oxygen atoms in total. The van der Waals surface area contributed by atoms with Crippen molar-refractivity contribution in [1.29, 1.82) is 0 Å². The van der Waals surface area contributed by atoms with Crippen LogP contribution in [0.25, 0.3) is 11.0 Å². The van der Waals surface area contributed by atoms with Gasteiger partial charge in [-0.2, -0.15) is 0 Å². The van der Waals surface area contributed by atoms with Crippen LogP contribution in [0.3, 0.4) is 0 Å². The number of halogens is 1. The normalized spacial score (nSPS) is 40.7. The minimum atomic E-state index is -0.561. The largest absolute Gasteiger partial charge is 0.390 e. The van der Waals surface area contributed by atoms with E-state index in [1.165, 1.54) is 25.7 Å². The van der Waals surface area contributed by atoms with Crippen molar-refractivity contribution in [3.63, 3.8) is 0 Å². The lowest BCUT2D eigenvalue weighted by atomic mass is 9.59. The zero-order chi connectivity index (χ0) is 27.4. The van der Waals surface area contributed by atoms with Crippen molar-refractivity contribution in [1.82, 2.24) is 15.0 Å². The molecular formula is C32H46ClN3O3. The van der Waals surface area contributed by atoms with Gasteiger partial charge >= 0.3 is 0 Å². The predicted octanol–water partition coefficient (Wildman–Crippen LogP) is 6.86. The lowest BCUT2D eigenvalue weighted by Crippen LogP contribution is -2.46. The number of Topliss-reactive ketones (excluding diaryl/α,β-unsaturated/α-hetero) is 1. The van der Waals surface area contributed by atoms with Crippen molar-refractivity contribution in [2.24, 2.45) is 40.9 Å². The van der Waals surface area contributed by atoms with E-state index >= 15 is 0 Å². The first-order valence-corrected chi connectivity index (χ1v) is 15.9. The van der Waals surface area contributed by atoms with E-state index in [0.717, 1.165) is 62.6 Å². The second kappa shape index (κ2) is 10.7. The molecule has 4 aliphatic rings. The molecule has 39 heavy (non-hydrogen) atoms. The number of rotatable bonds is 5. The van der Waals surface area contributed by atoms with E-state index in [1.807, 2.05) is 18.2 Å². The molecule has 1 N–H and O–H groups in total. The van der Waals surface area contributed by atoms with Crippen LogP contribution >= 0.6 is 11.6 Å². The highest BCUT2D eigenvalue weighted by molar-refractivity contribution is 6.31. The molecule has 1 heterocycles. The van der Waals surface area contributed by atoms with Crippen LogP contribution in [-0.4, -0.2) is 44.2 Å². The number of ether oxygens (including phenoxy) is 1. The summed E-state index contributed by atoms with van der Waals surface area (Å²) >= 11 is 6.14. The first-order valence-electron chi connectivity index (χ1n) is 15.5. The first-order chi connectivity index (χ1) is 18.7. The molecule has 0 radical (unpaired) electrons. The van der Waals surface area contributed by atoms with E-state index in [0.29, 0.717) is 46.5 Å². The van der Waals surface area contributed by atoms with Crippen LogP contribution in [0, 0.1) is 40.9 Å². The Labute approximate surface area is 238 Å². The van der Waals surface area contributed by atoms with Gasteiger partial charge < -0.3 is 9.84 Å². The third-order valence-corrected chi connectivity index (χ3v) is 11.8. The fourth-order valence-electron chi connectivity index (χ4n) is 9.76. The fraction of sp³-hybridized carbons (Fsp3) is 0.781. The van der Waals surface area contributed by atoms with Crippen LogP contribution in [-0.2, 0) is 16.1 Å². The van der Waals surface area contributed by atoms with E-state index in [1.54, 1.807) is 4.68 Å². The van der Waals surface area contributed by atoms with Gasteiger partial charge in [0.15, 0.2) is 5.78 Å². The zero-order valence-electron chi connectivity index (χ0n) is 23.9. The van der Waals surface area contributed by atoms with Crippen molar-refractivity contribution >= 4 is 28.4 Å². The smallest absolute Gasteiger partial charge is 0.157 e. The van der Waals surface area contributed by atoms with E-state index in [-0.39, 0.29) is 17.9 Å². The summed E-state index contributed by atoms with van der Waals surface area (Å²) in [5.41, 5.74) is 1.08. The summed E-state index contributed by atoms with van der Waals surface area (Å²) < 4.78 is 8.23. The van der Waals surface area contributed by atoms with Crippen molar-refractivity contribution in [3.05, 3.63) is 23.2 Å². The minimum Gasteiger partial charge on any atom is -0.390 e. The summed E-state index contributed by atoms with van der Waals surface area (Å²) in [5.74, 6) is 3.39. The van der Waals surface area contributed by atoms with E-state index < -0.39 is 5.60 Å². The Bertz CT molecular complexity index is 1200. The molecule has 0 aliphatic heterocycles. The van der Waals surface area contributed by atoms with Crippen LogP contribution in [0.15, 0.2) is 18.2 Å². The quantitative estimate of drug-likeness (QED) is 0.436. The molecule has 0 bridgehead atoms. The van der Waals surface area contributed by atoms with Gasteiger partial charge in [-0.05, 0) is 138 Å². The third kappa shape index (κ3) is 5.19. The number of ketones is 1. The summed E-state index contributed by atoms with van der Waals surface area (Å²) in [7, 11) is 0. The van der Waals surface area contributed by atoms with Gasteiger partial charge in [0.05, 0.1) is 17.2 Å². The highest BCUT2D eigenvalue weighted by Crippen LogP contribution is 2.61. The summed E-state index contributed by atoms with van der Waals surface area (Å²) in [6.07, 6.45) is 12.4. The monoisotopic (exact) mass is 555 g/mol. The van der Waals surface area contributed by atoms with Crippen LogP contribution in [0.1, 0.15) is 91.4 Å². The van der Waals surface area contributed by atoms with Gasteiger partial charge in [-0.1, -0.05) is 23.7 Å². The maximum atomic E-state index is 13.9. The molecule has 9 atom stereocenters. The number of hydrogen-bond acceptors (Lipinski definition) is 5. The molecule has 214 valence electrons. The number of carbonyl (C=O) groups is 1. The molecule has 0 spiro atoms. The van der Waals surface area contributed by atoms with Crippen molar-refractivity contribution < 1.29 is 14.6 Å². The molecule has 7 heteroatoms. The van der Waals surface area contributed by atoms with Gasteiger partial charge in [0, 0.05) is 17.5 Å². The van der Waals surface area contributed by atoms with Crippen LogP contribution in [0.4, 0.5) is 0 Å². The van der Waals surface area contributed by atoms with E-state index in [9.17, 15) is 9.90 Å². The average molecular weight is 556 g/mol. The number of nitrogens with zero attached hydrogens (tertiary/aromatic N) is 3. The highest BCUT2D eigenvalue weighted by atomic mass is 35.5. The Balaban J connectivity index is 1.22. The van der Waals surface area contributed by atoms with Gasteiger partial charge in [-0.25, -0.2) is 4.68 Å². The molecule has 2 aromatic rings. The van der Waals surface area contributed by atoms with Gasteiger partial charge in [0.2, 0.25) is 0 Å². The lowest BCUT2D eigenvalue weighted by Gasteiger charge is -2.49. The van der Waals surface area contributed by atoms with Gasteiger partial charge in [-0.15, -0.1) is 5.10 Å². The SMILES string of the molecule is CCOC1CCC[C@@](C)(O)C[C@@H]2CCC3C[C@@H]4CC[C@H](C(=O)Cn5nnc6cc(Cl)ccc65)[C@@]4(C)CC[C@@H]3[C@H]12. The third-order valence-electron chi connectivity index (χ3n) is 11.6. The minimum absolute atomic E-state index is 0.0395. The number of fused-ring (bicyclic) bond motifs is 5. The molecular weight excluding hydrogens is 510 g/mol. The Kier molecular flexibility index (Phi) is 7.60. The second-order valence-electron chi connectivity index (χ2n) is 13.9. The van der Waals surface area contributed by atoms with E-state index in [4.69, 9.17) is 16.3 Å². The predicted molar refractivity (Wildman–Crippen MR) is 153 cm³/mol. The number of benzene rings is 1. The molecule has 6 rings (SSSR count). The van der Waals surface area contributed by atoms with Gasteiger partial charge in [-0.3, -0.25) is 4.79 Å². The maximum absolute atomic E-state index is 13.9. The Hall–Kier alpha value is -1.50. The Morgan fingerprint density at radius 1 is 1.13 bits per heavy atom. The average Bonchev–Trinajstić information content (AvgIpc) is 3.38. The second-order valence-corrected chi connectivity index (χ2v) is 14.3. The van der Waals surface area contributed by atoms with Crippen LogP contribution < -0.4 is 0 Å². The first kappa shape index (κ1) is 27.7. The van der Waals surface area contributed by atoms with Crippen molar-refractivity contribution in [2.45, 2.75) is 110 Å². The molecule has 4 aliphatic carbocycles. The van der Waals surface area contributed by atoms with Gasteiger partial charge in [0.25, 0.3) is 0 Å². The number of hydrogen-bond donors (Lipinski definition) is 1. The standard InChI is InChI=1S/C32H46ClN3O3/c1-4-39-29-6-5-14-31(2,38)18-21-8-7-20-16-22-9-11-25(32(22,3)15-13-24(20)30(21)29)28(37)19-36-27-12-10-23(33)17-26(27)34-35-36/h10,12,17,20-22,24-25,29-30,38H,4-9,11,13-16,18-19H2,1-3H3/t20?,21-,22-,24-,25+,29?,30+,31+,32-/m0/s1. The molecule has 4 fully saturated rings. The van der Waals surface area contributed by atoms with Crippen molar-refractivity contribution in [3.8, 4) is 0 Å². The summed E-state index contributed by atoms with van der Waals surface area (Å²) in [6, 6.07) is 5.56. The molecule has 4 saturated carbocycles. The lowest BCUT2D eigenvalue weighted by molar-refractivity contribution is -0.127.